The summed E-state index contributed by atoms with van der Waals surface area (Å²) in [5.41, 5.74) is -1.36. The maximum Gasteiger partial charge on any atom is 0.265 e. The van der Waals surface area contributed by atoms with Crippen molar-refractivity contribution in [3.05, 3.63) is 42.5 Å². The fourth-order valence-corrected chi connectivity index (χ4v) is 4.66. The van der Waals surface area contributed by atoms with Gasteiger partial charge >= 0.3 is 0 Å². The van der Waals surface area contributed by atoms with Gasteiger partial charge in [0.25, 0.3) is 15.6 Å². The second-order valence-corrected chi connectivity index (χ2v) is 10.4. The minimum Gasteiger partial charge on any atom is -0.492 e. The van der Waals surface area contributed by atoms with Gasteiger partial charge < -0.3 is 19.5 Å². The number of nitrogens with one attached hydrogen (secondary N) is 2. The van der Waals surface area contributed by atoms with E-state index < -0.39 is 15.6 Å². The molecule has 1 saturated heterocycles. The van der Waals surface area contributed by atoms with Crippen LogP contribution in [0, 0.1) is 5.92 Å². The van der Waals surface area contributed by atoms with Crippen LogP contribution in [0.15, 0.2) is 47.4 Å². The van der Waals surface area contributed by atoms with E-state index in [2.05, 4.69) is 10.0 Å². The zero-order valence-corrected chi connectivity index (χ0v) is 20.4. The van der Waals surface area contributed by atoms with Crippen LogP contribution in [0.4, 0.5) is 15.8 Å². The lowest BCUT2D eigenvalue weighted by molar-refractivity contribution is -0.122. The van der Waals surface area contributed by atoms with Crippen molar-refractivity contribution in [1.82, 2.24) is 0 Å². The Labute approximate surface area is 195 Å². The summed E-state index contributed by atoms with van der Waals surface area (Å²) in [6, 6.07) is 10.3. The van der Waals surface area contributed by atoms with Crippen LogP contribution < -0.4 is 19.5 Å². The first-order valence-corrected chi connectivity index (χ1v) is 12.6. The van der Waals surface area contributed by atoms with E-state index in [4.69, 9.17) is 14.2 Å². The lowest BCUT2D eigenvalue weighted by atomic mass is 9.99. The number of amides is 1. The molecule has 0 aromatic heterocycles. The molecule has 3 rings (SSSR count). The molecule has 180 valence electrons. The predicted molar refractivity (Wildman–Crippen MR) is 127 cm³/mol. The van der Waals surface area contributed by atoms with Gasteiger partial charge in [0.2, 0.25) is 5.91 Å². The van der Waals surface area contributed by atoms with E-state index >= 15 is 0 Å². The van der Waals surface area contributed by atoms with Gasteiger partial charge in [-0.1, -0.05) is 15.3 Å². The molecule has 2 aromatic rings. The molecule has 2 N–H and O–H groups in total. The van der Waals surface area contributed by atoms with E-state index in [9.17, 15) is 17.6 Å². The smallest absolute Gasteiger partial charge is 0.265 e. The largest absolute Gasteiger partial charge is 0.492 e. The lowest BCUT2D eigenvalue weighted by Gasteiger charge is -2.21. The monoisotopic (exact) mass is 498 g/mol. The minimum absolute atomic E-state index is 0.0962. The van der Waals surface area contributed by atoms with Gasteiger partial charge in [0, 0.05) is 43.9 Å². The highest BCUT2D eigenvalue weighted by molar-refractivity contribution is 7.92. The van der Waals surface area contributed by atoms with Crippen molar-refractivity contribution >= 4 is 36.5 Å². The normalized spacial score (nSPS) is 16.5. The molecule has 33 heavy (non-hydrogen) atoms. The number of halogens is 1. The Bertz CT molecular complexity index is 1080. The molecule has 1 fully saturated rings. The third-order valence-electron chi connectivity index (χ3n) is 4.80. The molecule has 1 amide bonds. The van der Waals surface area contributed by atoms with Crippen molar-refractivity contribution in [3.63, 3.8) is 0 Å². The van der Waals surface area contributed by atoms with Crippen LogP contribution in [0.2, 0.25) is 0 Å². The number of carbonyl (C=O) groups is 1. The van der Waals surface area contributed by atoms with Gasteiger partial charge in [0.1, 0.15) is 16.4 Å². The van der Waals surface area contributed by atoms with Gasteiger partial charge in [-0.3, -0.25) is 9.52 Å². The summed E-state index contributed by atoms with van der Waals surface area (Å²) >= 11 is 0. The molecule has 2 unspecified atom stereocenters. The fourth-order valence-electron chi connectivity index (χ4n) is 3.34. The number of sulfonamides is 1. The Morgan fingerprint density at radius 2 is 1.94 bits per heavy atom. The van der Waals surface area contributed by atoms with Crippen molar-refractivity contribution < 1.29 is 31.8 Å². The number of anilines is 2. The summed E-state index contributed by atoms with van der Waals surface area (Å²) in [5.74, 6) is -0.0308. The average molecular weight is 499 g/mol. The van der Waals surface area contributed by atoms with E-state index in [-0.39, 0.29) is 40.5 Å². The van der Waals surface area contributed by atoms with Crippen molar-refractivity contribution in [2.45, 2.75) is 37.2 Å². The molecule has 0 bridgehead atoms. The number of carbonyl (C=O) groups excluding carboxylic acids is 1. The Morgan fingerprint density at radius 1 is 1.21 bits per heavy atom. The summed E-state index contributed by atoms with van der Waals surface area (Å²) in [4.78, 5) is 12.4. The zero-order chi connectivity index (χ0) is 24.1. The number of rotatable bonds is 9. The van der Waals surface area contributed by atoms with Crippen LogP contribution in [-0.2, 0) is 19.6 Å². The van der Waals surface area contributed by atoms with Crippen LogP contribution in [0.1, 0.15) is 26.7 Å². The first-order chi connectivity index (χ1) is 15.6. The lowest BCUT2D eigenvalue weighted by Crippen LogP contribution is -2.28. The summed E-state index contributed by atoms with van der Waals surface area (Å²) in [6.45, 7) is 4.25. The minimum atomic E-state index is -4.05. The molecular weight excluding hydrogens is 470 g/mol. The third-order valence-corrected chi connectivity index (χ3v) is 6.33. The molecule has 11 heteroatoms. The Kier molecular flexibility index (Phi) is 8.15. The van der Waals surface area contributed by atoms with Gasteiger partial charge in [0.15, 0.2) is 0 Å². The molecular formula is C22H28FN2O6PS. The van der Waals surface area contributed by atoms with E-state index in [0.717, 1.165) is 0 Å². The molecule has 0 radical (unpaired) electrons. The van der Waals surface area contributed by atoms with E-state index in [0.29, 0.717) is 31.7 Å². The van der Waals surface area contributed by atoms with E-state index in [1.807, 2.05) is 9.24 Å². The molecule has 1 aliphatic heterocycles. The summed E-state index contributed by atoms with van der Waals surface area (Å²) in [7, 11) is -2.14. The quantitative estimate of drug-likeness (QED) is 0.504. The Morgan fingerprint density at radius 3 is 2.61 bits per heavy atom. The Hall–Kier alpha value is -2.42. The average Bonchev–Trinajstić information content (AvgIpc) is 2.73. The van der Waals surface area contributed by atoms with Crippen molar-refractivity contribution in [3.8, 4) is 11.5 Å². The van der Waals surface area contributed by atoms with Crippen molar-refractivity contribution in [2.75, 3.05) is 29.9 Å². The number of alkyl halides is 1. The van der Waals surface area contributed by atoms with Crippen LogP contribution in [0.25, 0.3) is 0 Å². The molecule has 0 aliphatic carbocycles. The third kappa shape index (κ3) is 7.28. The van der Waals surface area contributed by atoms with Crippen LogP contribution in [0.3, 0.4) is 0 Å². The molecule has 1 aliphatic rings. The number of ether oxygens (including phenoxy) is 3. The summed E-state index contributed by atoms with van der Waals surface area (Å²) < 4.78 is 58.3. The highest BCUT2D eigenvalue weighted by Gasteiger charge is 2.24. The maximum atomic E-state index is 13.7. The van der Waals surface area contributed by atoms with Crippen LogP contribution >= 0.6 is 9.24 Å². The van der Waals surface area contributed by atoms with Crippen LogP contribution in [-0.4, -0.2) is 39.7 Å². The molecule has 2 aromatic carbocycles. The van der Waals surface area contributed by atoms with Gasteiger partial charge in [-0.05, 0) is 44.0 Å². The van der Waals surface area contributed by atoms with Gasteiger partial charge in [0.05, 0.1) is 12.3 Å². The highest BCUT2D eigenvalue weighted by Crippen LogP contribution is 2.32. The zero-order valence-electron chi connectivity index (χ0n) is 18.5. The maximum absolute atomic E-state index is 13.7. The second kappa shape index (κ2) is 10.7. The standard InChI is InChI=1S/C22H28FN2O6PS/c1-3-30-19-14-16(24-21(26)15-9-11-29-12-10-15)7-8-20(19)33(27,28)25-17-5-4-6-18(13-17)31-22(2,23)32/h4-8,13-15,25H,3,9-12,32H2,1-2H3,(H,24,26). The van der Waals surface area contributed by atoms with Crippen molar-refractivity contribution in [1.29, 1.82) is 0 Å². The summed E-state index contributed by atoms with van der Waals surface area (Å²) in [5, 5.41) is 2.82. The summed E-state index contributed by atoms with van der Waals surface area (Å²) in [6.07, 6.45) is 1.28. The van der Waals surface area contributed by atoms with E-state index in [1.165, 1.54) is 43.3 Å². The predicted octanol–water partition coefficient (Wildman–Crippen LogP) is 4.15. The number of benzene rings is 2. The fraction of sp³-hybridized carbons (Fsp3) is 0.409. The molecule has 0 saturated carbocycles. The van der Waals surface area contributed by atoms with Gasteiger partial charge in [-0.15, -0.1) is 0 Å². The number of hydrogen-bond donors (Lipinski definition) is 2. The first kappa shape index (κ1) is 25.2. The Balaban J connectivity index is 1.80. The van der Waals surface area contributed by atoms with Crippen molar-refractivity contribution in [2.24, 2.45) is 5.92 Å². The molecule has 8 nitrogen and oxygen atoms in total. The van der Waals surface area contributed by atoms with Gasteiger partial charge in [-0.25, -0.2) is 8.42 Å². The van der Waals surface area contributed by atoms with E-state index in [1.54, 1.807) is 13.0 Å². The molecule has 1 heterocycles. The second-order valence-electron chi connectivity index (χ2n) is 7.69. The topological polar surface area (TPSA) is 103 Å². The molecule has 2 atom stereocenters. The molecule has 0 spiro atoms. The van der Waals surface area contributed by atoms with Crippen LogP contribution in [0.5, 0.6) is 11.5 Å². The van der Waals surface area contributed by atoms with Gasteiger partial charge in [-0.2, -0.15) is 4.39 Å². The highest BCUT2D eigenvalue weighted by atomic mass is 32.2. The SMILES string of the molecule is CCOc1cc(NC(=O)C2CCOCC2)ccc1S(=O)(=O)Nc1cccc(OC(C)(F)P)c1. The number of hydrogen-bond acceptors (Lipinski definition) is 6. The first-order valence-electron chi connectivity index (χ1n) is 10.5.